The Hall–Kier alpha value is -3.10. The minimum absolute atomic E-state index is 0.0557. The molecule has 0 radical (unpaired) electrons. The zero-order valence-corrected chi connectivity index (χ0v) is 11.4. The predicted octanol–water partition coefficient (Wildman–Crippen LogP) is 3.03. The van der Waals surface area contributed by atoms with Crippen LogP contribution in [0.3, 0.4) is 0 Å². The molecular weight excluding hydrogens is 317 g/mol. The lowest BCUT2D eigenvalue weighted by Crippen LogP contribution is -2.21. The lowest BCUT2D eigenvalue weighted by molar-refractivity contribution is -0.384. The van der Waals surface area contributed by atoms with E-state index in [-0.39, 0.29) is 11.4 Å². The SMILES string of the molecule is O=C(COc1cccc([N+](=O)[O-])c1)Nc1ccc(F)c(F)c1F. The number of hydrogen-bond acceptors (Lipinski definition) is 4. The summed E-state index contributed by atoms with van der Waals surface area (Å²) < 4.78 is 44.2. The van der Waals surface area contributed by atoms with Crippen molar-refractivity contribution in [3.05, 3.63) is 64.0 Å². The molecule has 0 bridgehead atoms. The number of non-ortho nitro benzene ring substituents is 1. The molecule has 2 aromatic carbocycles. The highest BCUT2D eigenvalue weighted by molar-refractivity contribution is 5.92. The molecule has 9 heteroatoms. The number of nitro benzene ring substituents is 1. The fourth-order valence-electron chi connectivity index (χ4n) is 1.64. The van der Waals surface area contributed by atoms with Gasteiger partial charge in [-0.3, -0.25) is 14.9 Å². The predicted molar refractivity (Wildman–Crippen MR) is 73.5 cm³/mol. The van der Waals surface area contributed by atoms with Gasteiger partial charge >= 0.3 is 0 Å². The van der Waals surface area contributed by atoms with E-state index in [1.54, 1.807) is 0 Å². The Morgan fingerprint density at radius 1 is 1.17 bits per heavy atom. The maximum Gasteiger partial charge on any atom is 0.273 e. The number of amides is 1. The molecule has 1 N–H and O–H groups in total. The number of carbonyl (C=O) groups excluding carboxylic acids is 1. The minimum atomic E-state index is -1.71. The number of nitrogens with zero attached hydrogens (tertiary/aromatic N) is 1. The van der Waals surface area contributed by atoms with Crippen molar-refractivity contribution in [3.63, 3.8) is 0 Å². The number of halogens is 3. The average molecular weight is 326 g/mol. The second kappa shape index (κ2) is 6.77. The molecule has 0 atom stereocenters. The number of benzene rings is 2. The zero-order chi connectivity index (χ0) is 17.0. The Morgan fingerprint density at radius 2 is 1.91 bits per heavy atom. The van der Waals surface area contributed by atoms with Crippen LogP contribution in [0.25, 0.3) is 0 Å². The first kappa shape index (κ1) is 16.3. The van der Waals surface area contributed by atoms with Crippen molar-refractivity contribution in [1.29, 1.82) is 0 Å². The summed E-state index contributed by atoms with van der Waals surface area (Å²) in [7, 11) is 0. The van der Waals surface area contributed by atoms with Crippen molar-refractivity contribution in [2.24, 2.45) is 0 Å². The molecule has 2 aromatic rings. The van der Waals surface area contributed by atoms with Crippen molar-refractivity contribution < 1.29 is 27.6 Å². The van der Waals surface area contributed by atoms with E-state index in [1.165, 1.54) is 18.2 Å². The molecule has 0 saturated heterocycles. The topological polar surface area (TPSA) is 81.5 Å². The Morgan fingerprint density at radius 3 is 2.61 bits per heavy atom. The normalized spacial score (nSPS) is 10.2. The second-order valence-electron chi connectivity index (χ2n) is 4.31. The van der Waals surface area contributed by atoms with Crippen LogP contribution in [0.4, 0.5) is 24.5 Å². The highest BCUT2D eigenvalue weighted by atomic mass is 19.2. The van der Waals surface area contributed by atoms with Crippen molar-refractivity contribution >= 4 is 17.3 Å². The summed E-state index contributed by atoms with van der Waals surface area (Å²) in [6, 6.07) is 6.61. The van der Waals surface area contributed by atoms with Crippen LogP contribution in [0.5, 0.6) is 5.75 Å². The smallest absolute Gasteiger partial charge is 0.273 e. The first-order chi connectivity index (χ1) is 10.9. The van der Waals surface area contributed by atoms with E-state index in [4.69, 9.17) is 4.74 Å². The van der Waals surface area contributed by atoms with Crippen molar-refractivity contribution in [2.45, 2.75) is 0 Å². The minimum Gasteiger partial charge on any atom is -0.484 e. The third kappa shape index (κ3) is 3.96. The number of rotatable bonds is 5. The fraction of sp³-hybridized carbons (Fsp3) is 0.0714. The van der Waals surface area contributed by atoms with Gasteiger partial charge in [0, 0.05) is 6.07 Å². The van der Waals surface area contributed by atoms with E-state index in [1.807, 2.05) is 5.32 Å². The molecule has 23 heavy (non-hydrogen) atoms. The summed E-state index contributed by atoms with van der Waals surface area (Å²) in [5.74, 6) is -5.41. The summed E-state index contributed by atoms with van der Waals surface area (Å²) in [6.07, 6.45) is 0. The van der Waals surface area contributed by atoms with Crippen molar-refractivity contribution in [3.8, 4) is 5.75 Å². The maximum atomic E-state index is 13.4. The molecule has 6 nitrogen and oxygen atoms in total. The Balaban J connectivity index is 1.99. The van der Waals surface area contributed by atoms with Gasteiger partial charge in [0.1, 0.15) is 5.75 Å². The first-order valence-corrected chi connectivity index (χ1v) is 6.19. The molecule has 120 valence electrons. The molecule has 0 aromatic heterocycles. The molecule has 1 amide bonds. The van der Waals surface area contributed by atoms with E-state index in [0.29, 0.717) is 6.07 Å². The maximum absolute atomic E-state index is 13.4. The van der Waals surface area contributed by atoms with Crippen LogP contribution < -0.4 is 10.1 Å². The lowest BCUT2D eigenvalue weighted by Gasteiger charge is -2.08. The van der Waals surface area contributed by atoms with Gasteiger partial charge in [-0.2, -0.15) is 0 Å². The molecule has 0 spiro atoms. The van der Waals surface area contributed by atoms with E-state index < -0.39 is 40.6 Å². The highest BCUT2D eigenvalue weighted by Gasteiger charge is 2.15. The highest BCUT2D eigenvalue weighted by Crippen LogP contribution is 2.21. The van der Waals surface area contributed by atoms with Crippen LogP contribution in [0, 0.1) is 27.6 Å². The van der Waals surface area contributed by atoms with Gasteiger partial charge in [-0.1, -0.05) is 6.07 Å². The van der Waals surface area contributed by atoms with E-state index >= 15 is 0 Å². The van der Waals surface area contributed by atoms with Crippen LogP contribution in [0.15, 0.2) is 36.4 Å². The quantitative estimate of drug-likeness (QED) is 0.520. The first-order valence-electron chi connectivity index (χ1n) is 6.19. The summed E-state index contributed by atoms with van der Waals surface area (Å²) in [4.78, 5) is 21.6. The number of hydrogen-bond donors (Lipinski definition) is 1. The van der Waals surface area contributed by atoms with Gasteiger partial charge in [0.25, 0.3) is 11.6 Å². The molecule has 0 fully saturated rings. The zero-order valence-electron chi connectivity index (χ0n) is 11.4. The lowest BCUT2D eigenvalue weighted by atomic mass is 10.3. The van der Waals surface area contributed by atoms with Crippen molar-refractivity contribution in [1.82, 2.24) is 0 Å². The fourth-order valence-corrected chi connectivity index (χ4v) is 1.64. The summed E-state index contributed by atoms with van der Waals surface area (Å²) in [5.41, 5.74) is -0.772. The molecule has 0 aliphatic carbocycles. The van der Waals surface area contributed by atoms with Gasteiger partial charge < -0.3 is 10.1 Å². The Labute approximate surface area is 127 Å². The van der Waals surface area contributed by atoms with Gasteiger partial charge in [-0.05, 0) is 18.2 Å². The van der Waals surface area contributed by atoms with E-state index in [2.05, 4.69) is 0 Å². The average Bonchev–Trinajstić information content (AvgIpc) is 2.54. The molecule has 0 heterocycles. The number of carbonyl (C=O) groups is 1. The molecule has 0 unspecified atom stereocenters. The number of nitrogens with one attached hydrogen (secondary N) is 1. The summed E-state index contributed by atoms with van der Waals surface area (Å²) >= 11 is 0. The van der Waals surface area contributed by atoms with Gasteiger partial charge in [0.05, 0.1) is 16.7 Å². The molecule has 0 aliphatic heterocycles. The monoisotopic (exact) mass is 326 g/mol. The van der Waals surface area contributed by atoms with Crippen LogP contribution in [-0.2, 0) is 4.79 Å². The summed E-state index contributed by atoms with van der Waals surface area (Å²) in [5, 5.41) is 12.6. The molecule has 2 rings (SSSR count). The van der Waals surface area contributed by atoms with Crippen LogP contribution in [0.2, 0.25) is 0 Å². The van der Waals surface area contributed by atoms with Gasteiger partial charge in [0.2, 0.25) is 0 Å². The van der Waals surface area contributed by atoms with Crippen LogP contribution in [0.1, 0.15) is 0 Å². The number of anilines is 1. The van der Waals surface area contributed by atoms with Gasteiger partial charge in [-0.15, -0.1) is 0 Å². The largest absolute Gasteiger partial charge is 0.484 e. The van der Waals surface area contributed by atoms with Crippen molar-refractivity contribution in [2.75, 3.05) is 11.9 Å². The number of ether oxygens (including phenoxy) is 1. The third-order valence-corrected chi connectivity index (χ3v) is 2.71. The van der Waals surface area contributed by atoms with E-state index in [0.717, 1.165) is 12.1 Å². The van der Waals surface area contributed by atoms with E-state index in [9.17, 15) is 28.1 Å². The Kier molecular flexibility index (Phi) is 4.79. The number of nitro groups is 1. The van der Waals surface area contributed by atoms with Crippen LogP contribution in [-0.4, -0.2) is 17.4 Å². The molecule has 0 aliphatic rings. The van der Waals surface area contributed by atoms with Gasteiger partial charge in [-0.25, -0.2) is 13.2 Å². The second-order valence-corrected chi connectivity index (χ2v) is 4.31. The third-order valence-electron chi connectivity index (χ3n) is 2.71. The Bertz CT molecular complexity index is 768. The molecule has 0 saturated carbocycles. The summed E-state index contributed by atoms with van der Waals surface area (Å²) in [6.45, 7) is -0.598. The standard InChI is InChI=1S/C14H9F3N2O4/c15-10-4-5-11(14(17)13(10)16)18-12(20)7-23-9-3-1-2-8(6-9)19(21)22/h1-6H,7H2,(H,18,20). The van der Waals surface area contributed by atoms with Gasteiger partial charge in [0.15, 0.2) is 24.1 Å². The van der Waals surface area contributed by atoms with Crippen LogP contribution >= 0.6 is 0 Å². The molecular formula is C14H9F3N2O4.